The number of ether oxygens (including phenoxy) is 1. The van der Waals surface area contributed by atoms with Crippen LogP contribution < -0.4 is 15.4 Å². The van der Waals surface area contributed by atoms with E-state index in [-0.39, 0.29) is 5.91 Å². The van der Waals surface area contributed by atoms with Crippen LogP contribution in [0.1, 0.15) is 10.4 Å². The molecule has 0 saturated carbocycles. The smallest absolute Gasteiger partial charge is 0.230 e. The average molecular weight is 353 g/mol. The molecule has 0 spiro atoms. The third-order valence-corrected chi connectivity index (χ3v) is 4.46. The monoisotopic (exact) mass is 353 g/mol. The molecule has 0 unspecified atom stereocenters. The Kier molecular flexibility index (Phi) is 5.30. The summed E-state index contributed by atoms with van der Waals surface area (Å²) >= 11 is 1.57. The number of methoxy groups -OCH3 is 1. The molecule has 2 N–H and O–H groups in total. The Hall–Kier alpha value is -2.86. The molecule has 0 aliphatic rings. The lowest BCUT2D eigenvalue weighted by Crippen LogP contribution is -2.14. The van der Waals surface area contributed by atoms with Crippen molar-refractivity contribution >= 4 is 34.4 Å². The summed E-state index contributed by atoms with van der Waals surface area (Å²) in [6.45, 7) is 2.02. The first kappa shape index (κ1) is 17.0. The molecule has 0 aliphatic carbocycles. The summed E-state index contributed by atoms with van der Waals surface area (Å²) in [6, 6.07) is 13.5. The fraction of sp³-hybridized carbons (Fsp3) is 0.158. The predicted octanol–water partition coefficient (Wildman–Crippen LogP) is 4.38. The highest BCUT2D eigenvalue weighted by Gasteiger charge is 2.07. The van der Waals surface area contributed by atoms with Crippen LogP contribution in [-0.2, 0) is 11.2 Å². The average Bonchev–Trinajstić information content (AvgIpc) is 3.10. The first-order valence-electron chi connectivity index (χ1n) is 7.84. The van der Waals surface area contributed by atoms with Crippen LogP contribution in [-0.4, -0.2) is 18.0 Å². The SMILES string of the molecule is COc1ccc(C)cc1Nc1ccc(NC(=O)Cc2cccs2)nc1. The van der Waals surface area contributed by atoms with E-state index in [1.807, 2.05) is 48.7 Å². The van der Waals surface area contributed by atoms with Gasteiger partial charge in [0.2, 0.25) is 5.91 Å². The molecule has 2 heterocycles. The molecule has 6 heteroatoms. The number of benzene rings is 1. The van der Waals surface area contributed by atoms with Gasteiger partial charge in [-0.3, -0.25) is 4.79 Å². The van der Waals surface area contributed by atoms with Gasteiger partial charge in [0.25, 0.3) is 0 Å². The summed E-state index contributed by atoms with van der Waals surface area (Å²) in [5.74, 6) is 1.22. The zero-order valence-electron chi connectivity index (χ0n) is 14.1. The van der Waals surface area contributed by atoms with Crippen LogP contribution >= 0.6 is 11.3 Å². The lowest BCUT2D eigenvalue weighted by atomic mass is 10.2. The summed E-state index contributed by atoms with van der Waals surface area (Å²) in [5, 5.41) is 8.05. The maximum Gasteiger partial charge on any atom is 0.230 e. The third kappa shape index (κ3) is 4.58. The summed E-state index contributed by atoms with van der Waals surface area (Å²) in [7, 11) is 1.64. The van der Waals surface area contributed by atoms with E-state index >= 15 is 0 Å². The molecule has 1 amide bonds. The van der Waals surface area contributed by atoms with E-state index in [0.29, 0.717) is 12.2 Å². The topological polar surface area (TPSA) is 63.2 Å². The minimum absolute atomic E-state index is 0.0731. The standard InChI is InChI=1S/C19H19N3O2S/c1-13-5-7-17(24-2)16(10-13)21-14-6-8-18(20-12-14)22-19(23)11-15-4-3-9-25-15/h3-10,12,21H,11H2,1-2H3,(H,20,22,23). The minimum Gasteiger partial charge on any atom is -0.495 e. The second-order valence-corrected chi connectivity index (χ2v) is 6.60. The zero-order chi connectivity index (χ0) is 17.6. The van der Waals surface area contributed by atoms with E-state index in [4.69, 9.17) is 4.74 Å². The fourth-order valence-corrected chi connectivity index (χ4v) is 3.08. The van der Waals surface area contributed by atoms with Crippen molar-refractivity contribution in [3.8, 4) is 5.75 Å². The Morgan fingerprint density at radius 3 is 2.80 bits per heavy atom. The molecule has 0 aliphatic heterocycles. The molecule has 0 bridgehead atoms. The van der Waals surface area contributed by atoms with Crippen LogP contribution in [0.5, 0.6) is 5.75 Å². The fourth-order valence-electron chi connectivity index (χ4n) is 2.38. The van der Waals surface area contributed by atoms with Crippen molar-refractivity contribution in [2.45, 2.75) is 13.3 Å². The van der Waals surface area contributed by atoms with Crippen molar-refractivity contribution in [1.29, 1.82) is 0 Å². The Balaban J connectivity index is 1.64. The number of thiophene rings is 1. The predicted molar refractivity (Wildman–Crippen MR) is 102 cm³/mol. The quantitative estimate of drug-likeness (QED) is 0.690. The van der Waals surface area contributed by atoms with Crippen LogP contribution in [0.4, 0.5) is 17.2 Å². The first-order valence-corrected chi connectivity index (χ1v) is 8.72. The first-order chi connectivity index (χ1) is 12.1. The highest BCUT2D eigenvalue weighted by Crippen LogP contribution is 2.28. The number of nitrogens with zero attached hydrogens (tertiary/aromatic N) is 1. The summed E-state index contributed by atoms with van der Waals surface area (Å²) in [6.07, 6.45) is 2.04. The van der Waals surface area contributed by atoms with Gasteiger partial charge in [-0.25, -0.2) is 4.98 Å². The number of carbonyl (C=O) groups excluding carboxylic acids is 1. The van der Waals surface area contributed by atoms with Crippen LogP contribution in [0, 0.1) is 6.92 Å². The third-order valence-electron chi connectivity index (χ3n) is 3.58. The van der Waals surface area contributed by atoms with E-state index in [0.717, 1.165) is 27.6 Å². The number of hydrogen-bond acceptors (Lipinski definition) is 5. The van der Waals surface area contributed by atoms with Crippen molar-refractivity contribution in [2.75, 3.05) is 17.7 Å². The van der Waals surface area contributed by atoms with Crippen molar-refractivity contribution in [1.82, 2.24) is 4.98 Å². The van der Waals surface area contributed by atoms with Gasteiger partial charge in [-0.2, -0.15) is 0 Å². The van der Waals surface area contributed by atoms with E-state index in [1.165, 1.54) is 0 Å². The Morgan fingerprint density at radius 1 is 1.24 bits per heavy atom. The number of amides is 1. The van der Waals surface area contributed by atoms with E-state index in [1.54, 1.807) is 30.7 Å². The number of aryl methyl sites for hydroxylation is 1. The largest absolute Gasteiger partial charge is 0.495 e. The highest BCUT2D eigenvalue weighted by atomic mass is 32.1. The molecular weight excluding hydrogens is 334 g/mol. The van der Waals surface area contributed by atoms with E-state index in [9.17, 15) is 4.79 Å². The maximum absolute atomic E-state index is 12.0. The Labute approximate surface area is 150 Å². The molecule has 5 nitrogen and oxygen atoms in total. The molecule has 3 rings (SSSR count). The van der Waals surface area contributed by atoms with Crippen molar-refractivity contribution in [3.05, 3.63) is 64.5 Å². The van der Waals surface area contributed by atoms with Gasteiger partial charge in [0.05, 0.1) is 31.1 Å². The molecule has 0 atom stereocenters. The number of anilines is 3. The molecule has 0 radical (unpaired) electrons. The van der Waals surface area contributed by atoms with Crippen LogP contribution in [0.15, 0.2) is 54.0 Å². The summed E-state index contributed by atoms with van der Waals surface area (Å²) < 4.78 is 5.36. The van der Waals surface area contributed by atoms with Crippen LogP contribution in [0.2, 0.25) is 0 Å². The van der Waals surface area contributed by atoms with Gasteiger partial charge in [-0.05, 0) is 48.2 Å². The van der Waals surface area contributed by atoms with Crippen LogP contribution in [0.3, 0.4) is 0 Å². The van der Waals surface area contributed by atoms with E-state index < -0.39 is 0 Å². The number of hydrogen-bond donors (Lipinski definition) is 2. The molecule has 1 aromatic carbocycles. The van der Waals surface area contributed by atoms with Gasteiger partial charge in [0, 0.05) is 4.88 Å². The Morgan fingerprint density at radius 2 is 2.12 bits per heavy atom. The van der Waals surface area contributed by atoms with Crippen molar-refractivity contribution < 1.29 is 9.53 Å². The number of aromatic nitrogens is 1. The van der Waals surface area contributed by atoms with Crippen molar-refractivity contribution in [3.63, 3.8) is 0 Å². The minimum atomic E-state index is -0.0731. The highest BCUT2D eigenvalue weighted by molar-refractivity contribution is 7.10. The molecule has 25 heavy (non-hydrogen) atoms. The van der Waals surface area contributed by atoms with Gasteiger partial charge >= 0.3 is 0 Å². The number of nitrogens with one attached hydrogen (secondary N) is 2. The molecule has 128 valence electrons. The molecule has 3 aromatic rings. The van der Waals surface area contributed by atoms with Crippen LogP contribution in [0.25, 0.3) is 0 Å². The molecular formula is C19H19N3O2S. The maximum atomic E-state index is 12.0. The van der Waals surface area contributed by atoms with E-state index in [2.05, 4.69) is 15.6 Å². The Bertz CT molecular complexity index is 846. The lowest BCUT2D eigenvalue weighted by Gasteiger charge is -2.12. The van der Waals surface area contributed by atoms with Gasteiger partial charge in [0.15, 0.2) is 0 Å². The van der Waals surface area contributed by atoms with Gasteiger partial charge < -0.3 is 15.4 Å². The summed E-state index contributed by atoms with van der Waals surface area (Å²) in [5.41, 5.74) is 2.83. The molecule has 0 fully saturated rings. The molecule has 2 aromatic heterocycles. The van der Waals surface area contributed by atoms with Crippen molar-refractivity contribution in [2.24, 2.45) is 0 Å². The van der Waals surface area contributed by atoms with Gasteiger partial charge in [-0.15, -0.1) is 11.3 Å². The number of pyridine rings is 1. The lowest BCUT2D eigenvalue weighted by molar-refractivity contribution is -0.115. The van der Waals surface area contributed by atoms with Gasteiger partial charge in [-0.1, -0.05) is 12.1 Å². The van der Waals surface area contributed by atoms with Gasteiger partial charge in [0.1, 0.15) is 11.6 Å². The second-order valence-electron chi connectivity index (χ2n) is 5.57. The normalized spacial score (nSPS) is 10.3. The zero-order valence-corrected chi connectivity index (χ0v) is 14.9. The number of carbonyl (C=O) groups is 1. The molecule has 0 saturated heterocycles. The number of rotatable bonds is 6. The second kappa shape index (κ2) is 7.81. The summed E-state index contributed by atoms with van der Waals surface area (Å²) in [4.78, 5) is 17.3.